The largest absolute Gasteiger partial charge is 0.464 e. The van der Waals surface area contributed by atoms with Crippen LogP contribution in [0.15, 0.2) is 12.2 Å². The Kier molecular flexibility index (Phi) is 7.16. The van der Waals surface area contributed by atoms with Crippen LogP contribution >= 0.6 is 0 Å². The number of ether oxygens (including phenoxy) is 1. The summed E-state index contributed by atoms with van der Waals surface area (Å²) in [5.41, 5.74) is 2.14. The second kappa shape index (κ2) is 8.14. The van der Waals surface area contributed by atoms with Gasteiger partial charge in [0.1, 0.15) is 0 Å². The molecule has 0 saturated heterocycles. The van der Waals surface area contributed by atoms with Crippen LogP contribution < -0.4 is 5.43 Å². The molecule has 0 fully saturated rings. The van der Waals surface area contributed by atoms with Crippen molar-refractivity contribution in [3.63, 3.8) is 0 Å². The average Bonchev–Trinajstić information content (AvgIpc) is 2.22. The van der Waals surface area contributed by atoms with E-state index in [1.807, 2.05) is 0 Å². The first-order valence-corrected chi connectivity index (χ1v) is 5.08. The molecule has 0 spiro atoms. The molecule has 0 unspecified atom stereocenters. The molecule has 0 heterocycles. The Morgan fingerprint density at radius 3 is 2.53 bits per heavy atom. The van der Waals surface area contributed by atoms with Crippen molar-refractivity contribution in [2.24, 2.45) is 0 Å². The van der Waals surface area contributed by atoms with E-state index in [9.17, 15) is 14.4 Å². The average molecular weight is 244 g/mol. The molecule has 0 bridgehead atoms. The molecular formula is C10H16N2O5. The molecule has 0 aromatic carbocycles. The lowest BCUT2D eigenvalue weighted by Crippen LogP contribution is -2.44. The number of hydrazine groups is 1. The van der Waals surface area contributed by atoms with E-state index in [-0.39, 0.29) is 13.2 Å². The van der Waals surface area contributed by atoms with E-state index >= 15 is 0 Å². The van der Waals surface area contributed by atoms with Gasteiger partial charge in [-0.2, -0.15) is 0 Å². The van der Waals surface area contributed by atoms with Crippen LogP contribution in [0, 0.1) is 0 Å². The summed E-state index contributed by atoms with van der Waals surface area (Å²) < 4.78 is 4.64. The van der Waals surface area contributed by atoms with Gasteiger partial charge in [0.15, 0.2) is 0 Å². The third-order valence-electron chi connectivity index (χ3n) is 1.58. The van der Waals surface area contributed by atoms with Gasteiger partial charge in [0, 0.05) is 19.5 Å². The van der Waals surface area contributed by atoms with Gasteiger partial charge in [0.2, 0.25) is 5.91 Å². The zero-order valence-electron chi connectivity index (χ0n) is 9.80. The summed E-state index contributed by atoms with van der Waals surface area (Å²) in [5.74, 6) is -0.948. The molecule has 0 atom stereocenters. The Morgan fingerprint density at radius 1 is 1.41 bits per heavy atom. The van der Waals surface area contributed by atoms with Crippen LogP contribution in [-0.4, -0.2) is 41.2 Å². The van der Waals surface area contributed by atoms with Gasteiger partial charge >= 0.3 is 12.1 Å². The molecule has 96 valence electrons. The van der Waals surface area contributed by atoms with E-state index in [4.69, 9.17) is 5.11 Å². The van der Waals surface area contributed by atoms with Gasteiger partial charge in [-0.25, -0.2) is 14.6 Å². The Labute approximate surface area is 99.0 Å². The lowest BCUT2D eigenvalue weighted by atomic mass is 10.3. The quantitative estimate of drug-likeness (QED) is 0.417. The maximum atomic E-state index is 10.9. The zero-order valence-corrected chi connectivity index (χ0v) is 9.80. The molecule has 17 heavy (non-hydrogen) atoms. The number of amides is 2. The molecule has 0 saturated carbocycles. The molecule has 0 aromatic heterocycles. The van der Waals surface area contributed by atoms with Gasteiger partial charge < -0.3 is 9.84 Å². The van der Waals surface area contributed by atoms with Crippen LogP contribution in [0.25, 0.3) is 0 Å². The molecule has 0 aliphatic rings. The van der Waals surface area contributed by atoms with Crippen molar-refractivity contribution in [3.05, 3.63) is 12.2 Å². The predicted molar refractivity (Wildman–Crippen MR) is 58.9 cm³/mol. The van der Waals surface area contributed by atoms with Gasteiger partial charge in [-0.05, 0) is 13.3 Å². The Balaban J connectivity index is 4.01. The molecule has 7 heteroatoms. The summed E-state index contributed by atoms with van der Waals surface area (Å²) in [6.45, 7) is 3.25. The Bertz CT molecular complexity index is 314. The summed E-state index contributed by atoms with van der Waals surface area (Å²) in [7, 11) is 0. The maximum Gasteiger partial charge on any atom is 0.426 e. The van der Waals surface area contributed by atoms with E-state index < -0.39 is 18.0 Å². The SMILES string of the molecule is CCOC(=O)/C=C/CCN(NC(C)=O)C(=O)O. The van der Waals surface area contributed by atoms with Crippen molar-refractivity contribution in [2.75, 3.05) is 13.2 Å². The number of rotatable bonds is 5. The number of hydrogen-bond donors (Lipinski definition) is 2. The highest BCUT2D eigenvalue weighted by atomic mass is 16.5. The van der Waals surface area contributed by atoms with Crippen molar-refractivity contribution in [2.45, 2.75) is 20.3 Å². The molecule has 2 N–H and O–H groups in total. The zero-order chi connectivity index (χ0) is 13.3. The first-order chi connectivity index (χ1) is 7.97. The van der Waals surface area contributed by atoms with Crippen molar-refractivity contribution in [1.29, 1.82) is 0 Å². The summed E-state index contributed by atoms with van der Waals surface area (Å²) in [6.07, 6.45) is 1.74. The predicted octanol–water partition coefficient (Wildman–Crippen LogP) is 0.527. The third kappa shape index (κ3) is 7.83. The van der Waals surface area contributed by atoms with Crippen molar-refractivity contribution < 1.29 is 24.2 Å². The van der Waals surface area contributed by atoms with Crippen LogP contribution in [0.5, 0.6) is 0 Å². The topological polar surface area (TPSA) is 95.9 Å². The Hall–Kier alpha value is -2.05. The lowest BCUT2D eigenvalue weighted by molar-refractivity contribution is -0.137. The van der Waals surface area contributed by atoms with Crippen LogP contribution in [0.2, 0.25) is 0 Å². The first kappa shape index (κ1) is 14.9. The molecule has 0 aliphatic heterocycles. The summed E-state index contributed by atoms with van der Waals surface area (Å²) in [5, 5.41) is 9.46. The fourth-order valence-electron chi connectivity index (χ4n) is 0.963. The van der Waals surface area contributed by atoms with E-state index in [2.05, 4.69) is 10.2 Å². The van der Waals surface area contributed by atoms with E-state index in [1.165, 1.54) is 19.1 Å². The standard InChI is InChI=1S/C10H16N2O5/c1-3-17-9(14)6-4-5-7-12(10(15)16)11-8(2)13/h4,6H,3,5,7H2,1-2H3,(H,11,13)(H,15,16)/b6-4+. The number of esters is 1. The van der Waals surface area contributed by atoms with E-state index in [1.54, 1.807) is 6.92 Å². The normalized spacial score (nSPS) is 10.0. The minimum absolute atomic E-state index is 0.0603. The number of carbonyl (C=O) groups is 3. The minimum atomic E-state index is -1.26. The van der Waals surface area contributed by atoms with Gasteiger partial charge in [-0.1, -0.05) is 6.08 Å². The number of nitrogens with one attached hydrogen (secondary N) is 1. The van der Waals surface area contributed by atoms with Crippen LogP contribution in [0.1, 0.15) is 20.3 Å². The highest BCUT2D eigenvalue weighted by Gasteiger charge is 2.11. The fraction of sp³-hybridized carbons (Fsp3) is 0.500. The van der Waals surface area contributed by atoms with Crippen molar-refractivity contribution in [3.8, 4) is 0 Å². The monoisotopic (exact) mass is 244 g/mol. The highest BCUT2D eigenvalue weighted by Crippen LogP contribution is 1.92. The number of carboxylic acid groups (broad SMARTS) is 1. The second-order valence-electron chi connectivity index (χ2n) is 3.05. The Morgan fingerprint density at radius 2 is 2.06 bits per heavy atom. The van der Waals surface area contributed by atoms with Gasteiger partial charge in [-0.15, -0.1) is 0 Å². The highest BCUT2D eigenvalue weighted by molar-refractivity contribution is 5.81. The first-order valence-electron chi connectivity index (χ1n) is 5.08. The molecule has 0 aromatic rings. The lowest BCUT2D eigenvalue weighted by Gasteiger charge is -2.17. The molecule has 0 aliphatic carbocycles. The third-order valence-corrected chi connectivity index (χ3v) is 1.58. The van der Waals surface area contributed by atoms with Crippen LogP contribution in [0.4, 0.5) is 4.79 Å². The van der Waals surface area contributed by atoms with Crippen LogP contribution in [0.3, 0.4) is 0 Å². The van der Waals surface area contributed by atoms with Crippen LogP contribution in [-0.2, 0) is 14.3 Å². The minimum Gasteiger partial charge on any atom is -0.464 e. The number of carbonyl (C=O) groups excluding carboxylic acids is 2. The summed E-state index contributed by atoms with van der Waals surface area (Å²) >= 11 is 0. The maximum absolute atomic E-state index is 10.9. The van der Waals surface area contributed by atoms with E-state index in [0.717, 1.165) is 5.01 Å². The molecular weight excluding hydrogens is 228 g/mol. The molecule has 0 rings (SSSR count). The number of nitrogens with zero attached hydrogens (tertiary/aromatic N) is 1. The fourth-order valence-corrected chi connectivity index (χ4v) is 0.963. The second-order valence-corrected chi connectivity index (χ2v) is 3.05. The summed E-state index contributed by atoms with van der Waals surface area (Å²) in [6, 6.07) is 0. The van der Waals surface area contributed by atoms with E-state index in [0.29, 0.717) is 6.42 Å². The number of hydrogen-bond acceptors (Lipinski definition) is 4. The van der Waals surface area contributed by atoms with Gasteiger partial charge in [0.25, 0.3) is 0 Å². The summed E-state index contributed by atoms with van der Waals surface area (Å²) in [4.78, 5) is 32.2. The van der Waals surface area contributed by atoms with Crippen molar-refractivity contribution in [1.82, 2.24) is 10.4 Å². The molecule has 2 amide bonds. The van der Waals surface area contributed by atoms with Crippen molar-refractivity contribution >= 4 is 18.0 Å². The smallest absolute Gasteiger partial charge is 0.426 e. The van der Waals surface area contributed by atoms with Gasteiger partial charge in [0.05, 0.1) is 6.61 Å². The molecule has 7 nitrogen and oxygen atoms in total. The van der Waals surface area contributed by atoms with Gasteiger partial charge in [-0.3, -0.25) is 10.2 Å². The molecule has 0 radical (unpaired) electrons.